The van der Waals surface area contributed by atoms with Crippen LogP contribution in [0.15, 0.2) is 23.1 Å². The second kappa shape index (κ2) is 4.42. The van der Waals surface area contributed by atoms with Gasteiger partial charge in [0, 0.05) is 18.2 Å². The average Bonchev–Trinajstić information content (AvgIpc) is 2.26. The summed E-state index contributed by atoms with van der Waals surface area (Å²) < 4.78 is 22.0. The van der Waals surface area contributed by atoms with Crippen molar-refractivity contribution in [2.45, 2.75) is 4.90 Å². The third-order valence-corrected chi connectivity index (χ3v) is 2.86. The molecule has 1 aromatic carbocycles. The molecule has 0 aliphatic rings. The Morgan fingerprint density at radius 1 is 1.44 bits per heavy atom. The number of amides is 1. The quantitative estimate of drug-likeness (QED) is 0.697. The molecule has 0 fully saturated rings. The third-order valence-electron chi connectivity index (χ3n) is 1.95. The molecule has 16 heavy (non-hydrogen) atoms. The fraction of sp³-hybridized carbons (Fsp3) is 0.111. The zero-order valence-electron chi connectivity index (χ0n) is 8.43. The summed E-state index contributed by atoms with van der Waals surface area (Å²) in [7, 11) is -2.47. The van der Waals surface area contributed by atoms with Gasteiger partial charge in [-0.05, 0) is 18.2 Å². The highest BCUT2D eigenvalue weighted by Crippen LogP contribution is 2.13. The normalized spacial score (nSPS) is 10.9. The van der Waals surface area contributed by atoms with Crippen LogP contribution in [-0.4, -0.2) is 27.7 Å². The summed E-state index contributed by atoms with van der Waals surface area (Å²) in [6.07, 6.45) is 0.402. The lowest BCUT2D eigenvalue weighted by molar-refractivity contribution is 0.0957. The highest BCUT2D eigenvalue weighted by atomic mass is 32.2. The van der Waals surface area contributed by atoms with Crippen LogP contribution in [0.3, 0.4) is 0 Å². The van der Waals surface area contributed by atoms with Crippen molar-refractivity contribution in [3.05, 3.63) is 29.3 Å². The molecule has 0 saturated heterocycles. The van der Waals surface area contributed by atoms with Gasteiger partial charge in [0.1, 0.15) is 0 Å². The predicted molar refractivity (Wildman–Crippen MR) is 56.6 cm³/mol. The standard InChI is InChI=1S/C9H10N2O4S/c1-11-9(13)8-3-2-7(16(10,14)15)4-6(8)5-12/h2-5H,1H3,(H,11,13)(H2,10,14,15). The largest absolute Gasteiger partial charge is 0.355 e. The highest BCUT2D eigenvalue weighted by Gasteiger charge is 2.14. The van der Waals surface area contributed by atoms with Crippen LogP contribution in [0.4, 0.5) is 0 Å². The lowest BCUT2D eigenvalue weighted by Crippen LogP contribution is -2.20. The number of nitrogens with two attached hydrogens (primary N) is 1. The van der Waals surface area contributed by atoms with Crippen LogP contribution in [0.2, 0.25) is 0 Å². The molecule has 0 unspecified atom stereocenters. The summed E-state index contributed by atoms with van der Waals surface area (Å²) in [5.74, 6) is -0.469. The molecule has 0 bridgehead atoms. The van der Waals surface area contributed by atoms with E-state index in [-0.39, 0.29) is 16.0 Å². The maximum Gasteiger partial charge on any atom is 0.251 e. The number of benzene rings is 1. The molecule has 3 N–H and O–H groups in total. The van der Waals surface area contributed by atoms with Gasteiger partial charge < -0.3 is 5.32 Å². The van der Waals surface area contributed by atoms with Crippen LogP contribution < -0.4 is 10.5 Å². The topological polar surface area (TPSA) is 106 Å². The average molecular weight is 242 g/mol. The van der Waals surface area contributed by atoms with E-state index < -0.39 is 15.9 Å². The number of carbonyl (C=O) groups is 2. The van der Waals surface area contributed by atoms with E-state index in [4.69, 9.17) is 5.14 Å². The number of nitrogens with one attached hydrogen (secondary N) is 1. The number of sulfonamides is 1. The van der Waals surface area contributed by atoms with Gasteiger partial charge in [-0.15, -0.1) is 0 Å². The minimum atomic E-state index is -3.88. The fourth-order valence-corrected chi connectivity index (χ4v) is 1.71. The lowest BCUT2D eigenvalue weighted by Gasteiger charge is -2.05. The smallest absolute Gasteiger partial charge is 0.251 e. The van der Waals surface area contributed by atoms with Crippen molar-refractivity contribution >= 4 is 22.2 Å². The lowest BCUT2D eigenvalue weighted by atomic mass is 10.1. The first-order chi connectivity index (χ1) is 7.40. The molecule has 6 nitrogen and oxygen atoms in total. The first-order valence-electron chi connectivity index (χ1n) is 4.24. The molecule has 0 aliphatic carbocycles. The predicted octanol–water partition coefficient (Wildman–Crippen LogP) is -0.494. The molecule has 0 radical (unpaired) electrons. The van der Waals surface area contributed by atoms with E-state index in [9.17, 15) is 18.0 Å². The first kappa shape index (κ1) is 12.3. The van der Waals surface area contributed by atoms with E-state index in [1.54, 1.807) is 0 Å². The van der Waals surface area contributed by atoms with Gasteiger partial charge in [0.15, 0.2) is 6.29 Å². The number of aldehydes is 1. The summed E-state index contributed by atoms with van der Waals surface area (Å²) in [4.78, 5) is 21.8. The van der Waals surface area contributed by atoms with Crippen LogP contribution in [0.5, 0.6) is 0 Å². The highest BCUT2D eigenvalue weighted by molar-refractivity contribution is 7.89. The minimum Gasteiger partial charge on any atom is -0.355 e. The molecule has 0 spiro atoms. The molecule has 1 aromatic rings. The Bertz CT molecular complexity index is 536. The Morgan fingerprint density at radius 3 is 2.50 bits per heavy atom. The van der Waals surface area contributed by atoms with Gasteiger partial charge in [0.25, 0.3) is 5.91 Å². The molecule has 0 atom stereocenters. The van der Waals surface area contributed by atoms with Gasteiger partial charge in [-0.1, -0.05) is 0 Å². The Morgan fingerprint density at radius 2 is 2.06 bits per heavy atom. The van der Waals surface area contributed by atoms with Crippen LogP contribution >= 0.6 is 0 Å². The summed E-state index contributed by atoms with van der Waals surface area (Å²) in [6.45, 7) is 0. The number of carbonyl (C=O) groups excluding carboxylic acids is 2. The summed E-state index contributed by atoms with van der Waals surface area (Å²) in [5, 5.41) is 7.23. The van der Waals surface area contributed by atoms with Crippen molar-refractivity contribution in [1.82, 2.24) is 5.32 Å². The van der Waals surface area contributed by atoms with E-state index in [1.807, 2.05) is 0 Å². The Labute approximate surface area is 92.5 Å². The molecule has 0 saturated carbocycles. The Balaban J connectivity index is 3.39. The van der Waals surface area contributed by atoms with E-state index in [0.29, 0.717) is 6.29 Å². The second-order valence-corrected chi connectivity index (χ2v) is 4.55. The summed E-state index contributed by atoms with van der Waals surface area (Å²) in [5.41, 5.74) is 0.0794. The Hall–Kier alpha value is -1.73. The summed E-state index contributed by atoms with van der Waals surface area (Å²) >= 11 is 0. The monoisotopic (exact) mass is 242 g/mol. The number of hydrogen-bond acceptors (Lipinski definition) is 4. The maximum absolute atomic E-state index is 11.3. The molecule has 0 aliphatic heterocycles. The van der Waals surface area contributed by atoms with E-state index >= 15 is 0 Å². The van der Waals surface area contributed by atoms with Crippen LogP contribution in [0, 0.1) is 0 Å². The molecule has 1 rings (SSSR count). The summed E-state index contributed by atoms with van der Waals surface area (Å²) in [6, 6.07) is 3.47. The van der Waals surface area contributed by atoms with Crippen molar-refractivity contribution in [1.29, 1.82) is 0 Å². The van der Waals surface area contributed by atoms with Crippen LogP contribution in [0.1, 0.15) is 20.7 Å². The molecular weight excluding hydrogens is 232 g/mol. The van der Waals surface area contributed by atoms with Gasteiger partial charge in [-0.25, -0.2) is 13.6 Å². The zero-order valence-corrected chi connectivity index (χ0v) is 9.24. The zero-order chi connectivity index (χ0) is 12.3. The molecule has 86 valence electrons. The SMILES string of the molecule is CNC(=O)c1ccc(S(N)(=O)=O)cc1C=O. The van der Waals surface area contributed by atoms with Crippen molar-refractivity contribution < 1.29 is 18.0 Å². The molecule has 1 amide bonds. The molecular formula is C9H10N2O4S. The first-order valence-corrected chi connectivity index (χ1v) is 5.79. The number of rotatable bonds is 3. The van der Waals surface area contributed by atoms with Crippen LogP contribution in [0.25, 0.3) is 0 Å². The van der Waals surface area contributed by atoms with Crippen molar-refractivity contribution in [3.8, 4) is 0 Å². The molecule has 0 heterocycles. The maximum atomic E-state index is 11.3. The van der Waals surface area contributed by atoms with Crippen molar-refractivity contribution in [2.75, 3.05) is 7.05 Å². The minimum absolute atomic E-state index is 0.0223. The van der Waals surface area contributed by atoms with E-state index in [0.717, 1.165) is 6.07 Å². The van der Waals surface area contributed by atoms with Gasteiger partial charge in [-0.2, -0.15) is 0 Å². The second-order valence-electron chi connectivity index (χ2n) is 2.99. The van der Waals surface area contributed by atoms with Crippen LogP contribution in [-0.2, 0) is 10.0 Å². The Kier molecular flexibility index (Phi) is 3.41. The fourth-order valence-electron chi connectivity index (χ4n) is 1.16. The van der Waals surface area contributed by atoms with Crippen molar-refractivity contribution in [3.63, 3.8) is 0 Å². The van der Waals surface area contributed by atoms with Gasteiger partial charge >= 0.3 is 0 Å². The van der Waals surface area contributed by atoms with Gasteiger partial charge in [0.2, 0.25) is 10.0 Å². The van der Waals surface area contributed by atoms with Gasteiger partial charge in [0.05, 0.1) is 4.90 Å². The molecule has 7 heteroatoms. The van der Waals surface area contributed by atoms with Gasteiger partial charge in [-0.3, -0.25) is 9.59 Å². The molecule has 0 aromatic heterocycles. The van der Waals surface area contributed by atoms with E-state index in [2.05, 4.69) is 5.32 Å². The number of hydrogen-bond donors (Lipinski definition) is 2. The van der Waals surface area contributed by atoms with Crippen molar-refractivity contribution in [2.24, 2.45) is 5.14 Å². The van der Waals surface area contributed by atoms with E-state index in [1.165, 1.54) is 19.2 Å². The third kappa shape index (κ3) is 2.44. The number of primary sulfonamides is 1.